The highest BCUT2D eigenvalue weighted by molar-refractivity contribution is 8.00. The molecule has 0 radical (unpaired) electrons. The topological polar surface area (TPSA) is 84.5 Å². The number of rotatable bonds is 7. The van der Waals surface area contributed by atoms with Crippen molar-refractivity contribution in [3.8, 4) is 0 Å². The summed E-state index contributed by atoms with van der Waals surface area (Å²) in [5, 5.41) is 5.18. The Balaban J connectivity index is 1.51. The Kier molecular flexibility index (Phi) is 7.46. The maximum atomic E-state index is 13.0. The maximum absolute atomic E-state index is 13.0. The lowest BCUT2D eigenvalue weighted by Crippen LogP contribution is -2.52. The van der Waals surface area contributed by atoms with E-state index in [2.05, 4.69) is 10.6 Å². The van der Waals surface area contributed by atoms with Crippen LogP contribution in [0.3, 0.4) is 0 Å². The first kappa shape index (κ1) is 21.8. The van der Waals surface area contributed by atoms with E-state index in [-0.39, 0.29) is 22.9 Å². The summed E-state index contributed by atoms with van der Waals surface area (Å²) in [6.07, 6.45) is 1.22. The van der Waals surface area contributed by atoms with Gasteiger partial charge in [0.25, 0.3) is 0 Å². The van der Waals surface area contributed by atoms with Crippen molar-refractivity contribution in [2.45, 2.75) is 31.1 Å². The molecule has 2 aromatic carbocycles. The number of benzene rings is 2. The molecule has 3 rings (SSSR count). The Labute approximate surface area is 178 Å². The highest BCUT2D eigenvalue weighted by Crippen LogP contribution is 2.23. The van der Waals surface area contributed by atoms with Crippen LogP contribution in [0.5, 0.6) is 0 Å². The summed E-state index contributed by atoms with van der Waals surface area (Å²) < 4.78 is 18.1. The first-order valence-electron chi connectivity index (χ1n) is 9.70. The molecule has 2 aromatic rings. The molecular weight excluding hydrogens is 407 g/mol. The average Bonchev–Trinajstić information content (AvgIpc) is 2.75. The van der Waals surface area contributed by atoms with E-state index in [4.69, 9.17) is 4.74 Å². The van der Waals surface area contributed by atoms with Crippen LogP contribution >= 0.6 is 11.8 Å². The number of halogens is 1. The molecule has 0 aromatic heterocycles. The summed E-state index contributed by atoms with van der Waals surface area (Å²) in [6, 6.07) is 11.8. The fourth-order valence-electron chi connectivity index (χ4n) is 2.92. The number of esters is 1. The monoisotopic (exact) mass is 430 g/mol. The molecule has 2 unspecified atom stereocenters. The van der Waals surface area contributed by atoms with Gasteiger partial charge in [0.2, 0.25) is 11.8 Å². The van der Waals surface area contributed by atoms with E-state index in [1.807, 2.05) is 6.92 Å². The van der Waals surface area contributed by atoms with E-state index in [0.29, 0.717) is 30.0 Å². The predicted molar refractivity (Wildman–Crippen MR) is 114 cm³/mol. The molecule has 0 aliphatic carbocycles. The van der Waals surface area contributed by atoms with E-state index < -0.39 is 12.0 Å². The first-order chi connectivity index (χ1) is 14.5. The van der Waals surface area contributed by atoms with E-state index in [1.165, 1.54) is 23.9 Å². The van der Waals surface area contributed by atoms with Gasteiger partial charge in [0.05, 0.1) is 17.4 Å². The first-order valence-corrected chi connectivity index (χ1v) is 10.8. The number of nitrogens with one attached hydrogen (secondary N) is 2. The van der Waals surface area contributed by atoms with Crippen LogP contribution in [-0.2, 0) is 20.7 Å². The molecule has 1 saturated heterocycles. The number of carbonyl (C=O) groups excluding carboxylic acids is 3. The Hall–Kier alpha value is -2.87. The quantitative estimate of drug-likeness (QED) is 0.659. The zero-order chi connectivity index (χ0) is 21.5. The van der Waals surface area contributed by atoms with Gasteiger partial charge in [0.1, 0.15) is 11.9 Å². The fraction of sp³-hybridized carbons (Fsp3) is 0.318. The van der Waals surface area contributed by atoms with Gasteiger partial charge < -0.3 is 15.4 Å². The molecule has 1 aliphatic rings. The second kappa shape index (κ2) is 10.2. The lowest BCUT2D eigenvalue weighted by molar-refractivity contribution is -0.126. The van der Waals surface area contributed by atoms with Gasteiger partial charge in [-0.15, -0.1) is 11.8 Å². The number of hydrogen-bond acceptors (Lipinski definition) is 5. The third-order valence-corrected chi connectivity index (χ3v) is 5.86. The fourth-order valence-corrected chi connectivity index (χ4v) is 4.11. The minimum absolute atomic E-state index is 0.218. The van der Waals surface area contributed by atoms with Gasteiger partial charge >= 0.3 is 5.97 Å². The van der Waals surface area contributed by atoms with Crippen molar-refractivity contribution in [2.75, 3.05) is 17.7 Å². The SMILES string of the molecule is CCCOC(=O)c1ccc(NC(=O)C2CSC(Cc3ccc(F)cc3)C(=O)N2)cc1. The number of amides is 2. The summed E-state index contributed by atoms with van der Waals surface area (Å²) in [5.74, 6) is -0.827. The third-order valence-electron chi connectivity index (χ3n) is 4.55. The van der Waals surface area contributed by atoms with Crippen molar-refractivity contribution >= 4 is 35.2 Å². The van der Waals surface area contributed by atoms with Gasteiger partial charge in [0.15, 0.2) is 0 Å². The van der Waals surface area contributed by atoms with E-state index >= 15 is 0 Å². The van der Waals surface area contributed by atoms with Crippen LogP contribution in [-0.4, -0.2) is 41.4 Å². The number of hydrogen-bond donors (Lipinski definition) is 2. The summed E-state index contributed by atoms with van der Waals surface area (Å²) in [5.41, 5.74) is 1.80. The van der Waals surface area contributed by atoms with Gasteiger partial charge in [0, 0.05) is 11.4 Å². The van der Waals surface area contributed by atoms with Crippen molar-refractivity contribution in [2.24, 2.45) is 0 Å². The van der Waals surface area contributed by atoms with Crippen molar-refractivity contribution in [3.63, 3.8) is 0 Å². The van der Waals surface area contributed by atoms with Crippen LogP contribution in [0.15, 0.2) is 48.5 Å². The molecule has 8 heteroatoms. The van der Waals surface area contributed by atoms with E-state index in [0.717, 1.165) is 12.0 Å². The molecule has 2 amide bonds. The minimum Gasteiger partial charge on any atom is -0.462 e. The maximum Gasteiger partial charge on any atom is 0.338 e. The van der Waals surface area contributed by atoms with Gasteiger partial charge in [-0.3, -0.25) is 9.59 Å². The molecule has 2 N–H and O–H groups in total. The third kappa shape index (κ3) is 5.82. The minimum atomic E-state index is -0.652. The van der Waals surface area contributed by atoms with Crippen molar-refractivity contribution in [1.82, 2.24) is 5.32 Å². The predicted octanol–water partition coefficient (Wildman–Crippen LogP) is 3.17. The zero-order valence-corrected chi connectivity index (χ0v) is 17.3. The normalized spacial score (nSPS) is 18.4. The second-order valence-electron chi connectivity index (χ2n) is 6.92. The lowest BCUT2D eigenvalue weighted by atomic mass is 10.1. The molecule has 1 aliphatic heterocycles. The molecule has 2 atom stereocenters. The van der Waals surface area contributed by atoms with E-state index in [9.17, 15) is 18.8 Å². The highest BCUT2D eigenvalue weighted by atomic mass is 32.2. The number of thioether (sulfide) groups is 1. The van der Waals surface area contributed by atoms with Crippen LogP contribution in [0.2, 0.25) is 0 Å². The van der Waals surface area contributed by atoms with Gasteiger partial charge in [-0.25, -0.2) is 9.18 Å². The summed E-state index contributed by atoms with van der Waals surface area (Å²) in [7, 11) is 0. The van der Waals surface area contributed by atoms with Gasteiger partial charge in [-0.05, 0) is 54.8 Å². The second-order valence-corrected chi connectivity index (χ2v) is 8.15. The van der Waals surface area contributed by atoms with Crippen molar-refractivity contribution in [3.05, 3.63) is 65.5 Å². The number of anilines is 1. The molecular formula is C22H23FN2O4S. The average molecular weight is 431 g/mol. The Morgan fingerprint density at radius 2 is 1.87 bits per heavy atom. The molecule has 158 valence electrons. The molecule has 0 bridgehead atoms. The summed E-state index contributed by atoms with van der Waals surface area (Å²) >= 11 is 1.40. The molecule has 0 spiro atoms. The van der Waals surface area contributed by atoms with Crippen LogP contribution < -0.4 is 10.6 Å². The highest BCUT2D eigenvalue weighted by Gasteiger charge is 2.32. The largest absolute Gasteiger partial charge is 0.462 e. The zero-order valence-electron chi connectivity index (χ0n) is 16.5. The Morgan fingerprint density at radius 1 is 1.17 bits per heavy atom. The number of ether oxygens (including phenoxy) is 1. The van der Waals surface area contributed by atoms with Crippen LogP contribution in [0.1, 0.15) is 29.3 Å². The number of carbonyl (C=O) groups is 3. The van der Waals surface area contributed by atoms with Crippen LogP contribution in [0.4, 0.5) is 10.1 Å². The Morgan fingerprint density at radius 3 is 2.50 bits per heavy atom. The molecule has 0 saturated carbocycles. The summed E-state index contributed by atoms with van der Waals surface area (Å²) in [4.78, 5) is 36.7. The standard InChI is InChI=1S/C22H23FN2O4S/c1-2-11-29-22(28)15-5-9-17(10-6-15)24-20(26)18-13-30-19(21(27)25-18)12-14-3-7-16(23)8-4-14/h3-10,18-19H,2,11-13H2,1H3,(H,24,26)(H,25,27). The van der Waals surface area contributed by atoms with Crippen molar-refractivity contribution in [1.29, 1.82) is 0 Å². The molecule has 1 fully saturated rings. The summed E-state index contributed by atoms with van der Waals surface area (Å²) in [6.45, 7) is 2.28. The molecule has 1 heterocycles. The lowest BCUT2D eigenvalue weighted by Gasteiger charge is -2.28. The van der Waals surface area contributed by atoms with Crippen LogP contribution in [0, 0.1) is 5.82 Å². The van der Waals surface area contributed by atoms with E-state index in [1.54, 1.807) is 36.4 Å². The van der Waals surface area contributed by atoms with Gasteiger partial charge in [-0.1, -0.05) is 19.1 Å². The van der Waals surface area contributed by atoms with Gasteiger partial charge in [-0.2, -0.15) is 0 Å². The smallest absolute Gasteiger partial charge is 0.338 e. The Bertz CT molecular complexity index is 902. The van der Waals surface area contributed by atoms with Crippen molar-refractivity contribution < 1.29 is 23.5 Å². The molecule has 6 nitrogen and oxygen atoms in total. The molecule has 30 heavy (non-hydrogen) atoms. The van der Waals surface area contributed by atoms with Crippen LogP contribution in [0.25, 0.3) is 0 Å².